The van der Waals surface area contributed by atoms with Crippen LogP contribution in [-0.2, 0) is 0 Å². The molecule has 1 aliphatic rings. The summed E-state index contributed by atoms with van der Waals surface area (Å²) in [6.07, 6.45) is 0. The molecule has 0 amide bonds. The smallest absolute Gasteiger partial charge is 0.0626 e. The van der Waals surface area contributed by atoms with E-state index in [0.29, 0.717) is 4.90 Å². The summed E-state index contributed by atoms with van der Waals surface area (Å²) in [6, 6.07) is -13.5. The van der Waals surface area contributed by atoms with Gasteiger partial charge in [0.05, 0.1) is 21.1 Å². The largest absolute Gasteiger partial charge is 0.304 e. The quantitative estimate of drug-likeness (QED) is 0.855. The number of likely N-dealkylation sites (N-methyl/N-ethyl adjacent to an activating group) is 1. The lowest BCUT2D eigenvalue weighted by molar-refractivity contribution is 0.127. The van der Waals surface area contributed by atoms with Crippen LogP contribution >= 0.6 is 0 Å². The Kier molecular flexibility index (Phi) is 1.17. The van der Waals surface area contributed by atoms with Crippen molar-refractivity contribution < 1.29 is 24.7 Å². The minimum Gasteiger partial charge on any atom is -0.304 e. The average Bonchev–Trinajstić information content (AvgIpc) is 2.76. The Morgan fingerprint density at radius 2 is 1.50 bits per heavy atom. The third-order valence-electron chi connectivity index (χ3n) is 2.54. The first kappa shape index (κ1) is 3.76. The summed E-state index contributed by atoms with van der Waals surface area (Å²) in [5.74, 6) is 0. The predicted molar refractivity (Wildman–Crippen MR) is 83.8 cm³/mol. The summed E-state index contributed by atoms with van der Waals surface area (Å²) < 4.78 is 149. The number of nitrogens with zero attached hydrogens (tertiary/aromatic N) is 2. The van der Waals surface area contributed by atoms with Gasteiger partial charge in [0.1, 0.15) is 0 Å². The van der Waals surface area contributed by atoms with Crippen molar-refractivity contribution in [3.63, 3.8) is 0 Å². The average molecular weight is 284 g/mol. The molecule has 0 aliphatic carbocycles. The van der Waals surface area contributed by atoms with Gasteiger partial charge in [0.15, 0.2) is 0 Å². The Hall–Kier alpha value is -1.64. The molecule has 1 fully saturated rings. The van der Waals surface area contributed by atoms with Gasteiger partial charge in [0.2, 0.25) is 0 Å². The van der Waals surface area contributed by atoms with Crippen LogP contribution in [0.2, 0.25) is 0 Å². The first-order valence-electron chi connectivity index (χ1n) is 14.7. The van der Waals surface area contributed by atoms with E-state index < -0.39 is 111 Å². The van der Waals surface area contributed by atoms with Gasteiger partial charge in [-0.05, 0) is 18.1 Å². The van der Waals surface area contributed by atoms with Crippen molar-refractivity contribution in [2.45, 2.75) is 6.02 Å². The maximum absolute atomic E-state index is 9.47. The van der Waals surface area contributed by atoms with Crippen molar-refractivity contribution in [1.82, 2.24) is 9.80 Å². The summed E-state index contributed by atoms with van der Waals surface area (Å²) in [5.41, 5.74) is -2.14. The Bertz CT molecular complexity index is 1160. The summed E-state index contributed by atoms with van der Waals surface area (Å²) in [7, 11) is 0. The van der Waals surface area contributed by atoms with Crippen molar-refractivity contribution in [1.29, 1.82) is 0 Å². The molecule has 2 aromatic rings. The topological polar surface area (TPSA) is 6.48 Å². The molecule has 2 heteroatoms. The standard InChI is InChI=1S/C18H22N2/c1-19-12-14-20(15-13-19)18(16-8-4-2-5-9-16)17-10-6-3-7-11-17/h2-11,18H,12-15H2,1H3/i1D3,2D,3D,4D,5D,6D,7D,8D,9D,10D,11D,14D2,15D2,18D. The second kappa shape index (κ2) is 6.21. The highest BCUT2D eigenvalue weighted by molar-refractivity contribution is 5.31. The van der Waals surface area contributed by atoms with Crippen LogP contribution in [0, 0.1) is 0 Å². The molecule has 1 heterocycles. The van der Waals surface area contributed by atoms with Crippen LogP contribution in [0.3, 0.4) is 0 Å². The van der Waals surface area contributed by atoms with Crippen LogP contribution < -0.4 is 0 Å². The van der Waals surface area contributed by atoms with E-state index in [2.05, 4.69) is 0 Å². The molecule has 0 atom stereocenters. The molecule has 2 aromatic carbocycles. The van der Waals surface area contributed by atoms with E-state index in [1.165, 1.54) is 0 Å². The number of piperazine rings is 1. The molecule has 1 aliphatic heterocycles. The van der Waals surface area contributed by atoms with Crippen LogP contribution in [0.4, 0.5) is 0 Å². The lowest BCUT2D eigenvalue weighted by Crippen LogP contribution is -2.46. The Balaban J connectivity index is 2.60. The third kappa shape index (κ3) is 2.92. The van der Waals surface area contributed by atoms with Gasteiger partial charge in [-0.2, -0.15) is 0 Å². The van der Waals surface area contributed by atoms with Gasteiger partial charge < -0.3 is 4.90 Å². The van der Waals surface area contributed by atoms with E-state index in [9.17, 15) is 1.37 Å². The van der Waals surface area contributed by atoms with E-state index in [1.807, 2.05) is 0 Å². The summed E-state index contributed by atoms with van der Waals surface area (Å²) in [4.78, 5) is 0.560. The second-order valence-corrected chi connectivity index (χ2v) is 3.86. The molecular formula is C18H22N2. The molecule has 2 nitrogen and oxygen atoms in total. The lowest BCUT2D eigenvalue weighted by Gasteiger charge is -2.38. The van der Waals surface area contributed by atoms with Crippen molar-refractivity contribution in [3.05, 3.63) is 71.6 Å². The summed E-state index contributed by atoms with van der Waals surface area (Å²) in [6.45, 7) is -11.4. The van der Waals surface area contributed by atoms with Crippen LogP contribution in [0.15, 0.2) is 60.4 Å². The van der Waals surface area contributed by atoms with Crippen molar-refractivity contribution in [2.75, 3.05) is 33.1 Å². The van der Waals surface area contributed by atoms with Gasteiger partial charge >= 0.3 is 0 Å². The highest BCUT2D eigenvalue weighted by atomic mass is 15.3. The highest BCUT2D eigenvalue weighted by Crippen LogP contribution is 2.29. The lowest BCUT2D eigenvalue weighted by atomic mass is 9.96. The van der Waals surface area contributed by atoms with Gasteiger partial charge in [0.25, 0.3) is 0 Å². The SMILES string of the molecule is [2H]c1c([2H])c([2H])c(C([2H])(c2c([2H])c([2H])c([2H])c([2H])c2[2H])N2C([2H])([2H])CN(C([2H])([2H])[2H])CC2([2H])[2H])c([2H])c1[2H]. The monoisotopic (exact) mass is 284 g/mol. The summed E-state index contributed by atoms with van der Waals surface area (Å²) in [5, 5.41) is 0. The minimum atomic E-state index is -3.38. The van der Waals surface area contributed by atoms with E-state index >= 15 is 0 Å². The summed E-state index contributed by atoms with van der Waals surface area (Å²) >= 11 is 0. The van der Waals surface area contributed by atoms with Crippen LogP contribution in [0.5, 0.6) is 0 Å². The first-order valence-corrected chi connectivity index (χ1v) is 5.73. The fraction of sp³-hybridized carbons (Fsp3) is 0.333. The molecule has 0 spiro atoms. The fourth-order valence-electron chi connectivity index (χ4n) is 1.67. The van der Waals surface area contributed by atoms with Crippen LogP contribution in [0.25, 0.3) is 0 Å². The zero-order valence-corrected chi connectivity index (χ0v) is 10.3. The molecule has 0 N–H and O–H groups in total. The molecule has 0 unspecified atom stereocenters. The van der Waals surface area contributed by atoms with Crippen LogP contribution in [0.1, 0.15) is 41.8 Å². The molecule has 3 rings (SSSR count). The first-order chi connectivity index (χ1) is 17.0. The van der Waals surface area contributed by atoms with Crippen molar-refractivity contribution in [3.8, 4) is 0 Å². The van der Waals surface area contributed by atoms with Crippen molar-refractivity contribution >= 4 is 0 Å². The Labute approximate surface area is 146 Å². The minimum absolute atomic E-state index is 0.0804. The molecule has 1 saturated heterocycles. The van der Waals surface area contributed by atoms with Crippen molar-refractivity contribution in [2.24, 2.45) is 0 Å². The maximum Gasteiger partial charge on any atom is 0.0626 e. The van der Waals surface area contributed by atoms with Gasteiger partial charge in [-0.3, -0.25) is 4.90 Å². The molecule has 0 bridgehead atoms. The highest BCUT2D eigenvalue weighted by Gasteiger charge is 2.24. The zero-order chi connectivity index (χ0) is 29.5. The van der Waals surface area contributed by atoms with E-state index in [-0.39, 0.29) is 4.90 Å². The number of hydrogen-bond donors (Lipinski definition) is 0. The molecular weight excluding hydrogens is 244 g/mol. The normalized spacial score (nSPS) is 36.6. The molecule has 104 valence electrons. The van der Waals surface area contributed by atoms with Crippen LogP contribution in [-0.4, -0.2) is 42.9 Å². The van der Waals surface area contributed by atoms with E-state index in [1.54, 1.807) is 0 Å². The number of benzene rings is 2. The number of hydrogen-bond acceptors (Lipinski definition) is 2. The molecule has 0 saturated carbocycles. The molecule has 0 radical (unpaired) electrons. The second-order valence-electron chi connectivity index (χ2n) is 3.86. The number of rotatable bonds is 3. The van der Waals surface area contributed by atoms with Gasteiger partial charge in [0, 0.05) is 35.7 Å². The van der Waals surface area contributed by atoms with E-state index in [0.717, 1.165) is 0 Å². The fourth-order valence-corrected chi connectivity index (χ4v) is 1.67. The van der Waals surface area contributed by atoms with Gasteiger partial charge in [-0.25, -0.2) is 0 Å². The Morgan fingerprint density at radius 3 is 1.95 bits per heavy atom. The Morgan fingerprint density at radius 1 is 1.00 bits per heavy atom. The molecule has 20 heavy (non-hydrogen) atoms. The van der Waals surface area contributed by atoms with Gasteiger partial charge in [-0.15, -0.1) is 0 Å². The van der Waals surface area contributed by atoms with E-state index in [4.69, 9.17) is 23.3 Å². The maximum atomic E-state index is 9.47. The third-order valence-corrected chi connectivity index (χ3v) is 2.54. The van der Waals surface area contributed by atoms with Gasteiger partial charge in [-0.1, -0.05) is 60.4 Å². The molecule has 0 aromatic heterocycles. The predicted octanol–water partition coefficient (Wildman–Crippen LogP) is 3.02. The zero-order valence-electron chi connectivity index (χ0n) is 28.3.